The first-order valence-corrected chi connectivity index (χ1v) is 10.6. The average Bonchev–Trinajstić information content (AvgIpc) is 3.35. The van der Waals surface area contributed by atoms with Crippen LogP contribution in [0.5, 0.6) is 0 Å². The van der Waals surface area contributed by atoms with Gasteiger partial charge >= 0.3 is 0 Å². The second-order valence-corrected chi connectivity index (χ2v) is 7.91. The third-order valence-corrected chi connectivity index (χ3v) is 5.98. The minimum Gasteiger partial charge on any atom is -0.507 e. The summed E-state index contributed by atoms with van der Waals surface area (Å²) in [6.45, 7) is 2.55. The van der Waals surface area contributed by atoms with Gasteiger partial charge in [0.1, 0.15) is 17.6 Å². The number of ketones is 1. The summed E-state index contributed by atoms with van der Waals surface area (Å²) in [7, 11) is 0. The number of likely N-dealkylation sites (tertiary alicyclic amines) is 1. The number of rotatable bonds is 6. The van der Waals surface area contributed by atoms with Gasteiger partial charge in [-0.25, -0.2) is 0 Å². The van der Waals surface area contributed by atoms with Gasteiger partial charge in [-0.3, -0.25) is 9.59 Å². The normalized spacial score (nSPS) is 20.9. The molecule has 1 atom stereocenters. The molecule has 1 saturated heterocycles. The molecule has 1 aliphatic carbocycles. The number of fused-ring (bicyclic) bond motifs is 1. The molecule has 152 valence electrons. The zero-order valence-electron chi connectivity index (χ0n) is 16.8. The Labute approximate surface area is 171 Å². The Balaban J connectivity index is 1.77. The number of carbonyl (C=O) groups is 2. The minimum atomic E-state index is -0.683. The largest absolute Gasteiger partial charge is 0.507 e. The molecule has 2 aromatic rings. The third kappa shape index (κ3) is 3.61. The quantitative estimate of drug-likeness (QED) is 0.332. The highest BCUT2D eigenvalue weighted by molar-refractivity contribution is 6.46. The second kappa shape index (κ2) is 8.27. The predicted octanol–water partition coefficient (Wildman–Crippen LogP) is 4.77. The Morgan fingerprint density at radius 2 is 1.93 bits per heavy atom. The zero-order chi connectivity index (χ0) is 20.4. The van der Waals surface area contributed by atoms with Gasteiger partial charge in [0.2, 0.25) is 0 Å². The average molecular weight is 393 g/mol. The molecular formula is C24H27NO4. The van der Waals surface area contributed by atoms with Crippen molar-refractivity contribution in [2.24, 2.45) is 0 Å². The first-order chi connectivity index (χ1) is 14.1. The van der Waals surface area contributed by atoms with Crippen molar-refractivity contribution in [1.29, 1.82) is 0 Å². The van der Waals surface area contributed by atoms with E-state index in [4.69, 9.17) is 4.42 Å². The maximum absolute atomic E-state index is 12.9. The maximum atomic E-state index is 12.9. The van der Waals surface area contributed by atoms with E-state index in [9.17, 15) is 14.7 Å². The highest BCUT2D eigenvalue weighted by Crippen LogP contribution is 2.40. The number of furan rings is 1. The van der Waals surface area contributed by atoms with Crippen molar-refractivity contribution in [3.05, 3.63) is 64.6 Å². The summed E-state index contributed by atoms with van der Waals surface area (Å²) in [6.07, 6.45) is 8.66. The van der Waals surface area contributed by atoms with Crippen molar-refractivity contribution in [1.82, 2.24) is 4.90 Å². The van der Waals surface area contributed by atoms with Crippen LogP contribution in [0.1, 0.15) is 67.5 Å². The van der Waals surface area contributed by atoms with Gasteiger partial charge in [-0.2, -0.15) is 0 Å². The fourth-order valence-electron chi connectivity index (χ4n) is 4.42. The van der Waals surface area contributed by atoms with Crippen LogP contribution in [-0.2, 0) is 22.4 Å². The van der Waals surface area contributed by atoms with Crippen molar-refractivity contribution < 1.29 is 19.1 Å². The van der Waals surface area contributed by atoms with E-state index < -0.39 is 17.7 Å². The second-order valence-electron chi connectivity index (χ2n) is 7.91. The molecule has 0 spiro atoms. The summed E-state index contributed by atoms with van der Waals surface area (Å²) in [4.78, 5) is 27.2. The Morgan fingerprint density at radius 1 is 1.14 bits per heavy atom. The molecule has 1 aromatic heterocycles. The Bertz CT molecular complexity index is 942. The van der Waals surface area contributed by atoms with Crippen LogP contribution in [0.4, 0.5) is 0 Å². The van der Waals surface area contributed by atoms with Crippen LogP contribution in [0.25, 0.3) is 5.76 Å². The van der Waals surface area contributed by atoms with Gasteiger partial charge in [-0.1, -0.05) is 31.9 Å². The molecule has 1 unspecified atom stereocenters. The lowest BCUT2D eigenvalue weighted by Crippen LogP contribution is -2.30. The highest BCUT2D eigenvalue weighted by atomic mass is 16.3. The van der Waals surface area contributed by atoms with Crippen molar-refractivity contribution in [2.75, 3.05) is 6.54 Å². The molecule has 1 aromatic carbocycles. The van der Waals surface area contributed by atoms with E-state index in [0.717, 1.165) is 38.5 Å². The third-order valence-electron chi connectivity index (χ3n) is 5.98. The molecule has 29 heavy (non-hydrogen) atoms. The Kier molecular flexibility index (Phi) is 5.56. The number of hydrogen-bond acceptors (Lipinski definition) is 4. The topological polar surface area (TPSA) is 70.8 Å². The molecule has 0 saturated carbocycles. The summed E-state index contributed by atoms with van der Waals surface area (Å²) in [5, 5.41) is 11.1. The number of benzene rings is 1. The van der Waals surface area contributed by atoms with Crippen molar-refractivity contribution in [3.8, 4) is 0 Å². The molecule has 2 aliphatic rings. The molecule has 1 amide bonds. The van der Waals surface area contributed by atoms with Crippen LogP contribution in [-0.4, -0.2) is 28.2 Å². The van der Waals surface area contributed by atoms with Gasteiger partial charge in [-0.15, -0.1) is 0 Å². The Morgan fingerprint density at radius 3 is 2.66 bits per heavy atom. The number of carbonyl (C=O) groups excluding carboxylic acids is 2. The number of amides is 1. The van der Waals surface area contributed by atoms with Crippen LogP contribution < -0.4 is 0 Å². The van der Waals surface area contributed by atoms with Crippen molar-refractivity contribution >= 4 is 17.4 Å². The van der Waals surface area contributed by atoms with Gasteiger partial charge in [-0.05, 0) is 61.4 Å². The van der Waals surface area contributed by atoms with Crippen LogP contribution in [0.2, 0.25) is 0 Å². The van der Waals surface area contributed by atoms with Gasteiger partial charge in [0.25, 0.3) is 11.7 Å². The fraction of sp³-hybridized carbons (Fsp3) is 0.417. The lowest BCUT2D eigenvalue weighted by Gasteiger charge is -2.23. The number of Topliss-reactive ketones (excluding diaryl/α,β-unsaturated/α-hetero) is 1. The highest BCUT2D eigenvalue weighted by Gasteiger charge is 2.47. The number of aliphatic hydroxyl groups is 1. The molecule has 2 heterocycles. The van der Waals surface area contributed by atoms with Gasteiger partial charge in [0, 0.05) is 12.1 Å². The van der Waals surface area contributed by atoms with E-state index in [1.807, 2.05) is 18.2 Å². The standard InChI is InChI=1S/C24H27NO4/c1-2-3-6-13-25-21(19-10-7-14-29-19)20(23(27)24(25)28)22(26)18-12-11-16-8-4-5-9-17(16)15-18/h7,10-12,14-15,21,26H,2-6,8-9,13H2,1H3/b22-20-. The lowest BCUT2D eigenvalue weighted by atomic mass is 9.89. The first-order valence-electron chi connectivity index (χ1n) is 10.6. The molecule has 1 aliphatic heterocycles. The molecule has 5 nitrogen and oxygen atoms in total. The summed E-state index contributed by atoms with van der Waals surface area (Å²) in [5.74, 6) is -0.823. The molecular weight excluding hydrogens is 366 g/mol. The minimum absolute atomic E-state index is 0.115. The maximum Gasteiger partial charge on any atom is 0.295 e. The van der Waals surface area contributed by atoms with Gasteiger partial charge < -0.3 is 14.4 Å². The SMILES string of the molecule is CCCCCN1C(=O)C(=O)/C(=C(\O)c2ccc3c(c2)CCCC3)C1c1ccco1. The van der Waals surface area contributed by atoms with Crippen LogP contribution in [0.3, 0.4) is 0 Å². The van der Waals surface area contributed by atoms with Crippen LogP contribution in [0.15, 0.2) is 46.6 Å². The molecule has 0 bridgehead atoms. The molecule has 1 N–H and O–H groups in total. The fourth-order valence-corrected chi connectivity index (χ4v) is 4.42. The molecule has 0 radical (unpaired) electrons. The smallest absolute Gasteiger partial charge is 0.295 e. The van der Waals surface area contributed by atoms with E-state index in [1.54, 1.807) is 17.0 Å². The van der Waals surface area contributed by atoms with E-state index in [0.29, 0.717) is 17.9 Å². The summed E-state index contributed by atoms with van der Waals surface area (Å²) in [6, 6.07) is 8.65. The molecule has 4 rings (SSSR count). The van der Waals surface area contributed by atoms with Crippen molar-refractivity contribution in [3.63, 3.8) is 0 Å². The van der Waals surface area contributed by atoms with E-state index in [1.165, 1.54) is 23.8 Å². The zero-order valence-corrected chi connectivity index (χ0v) is 16.8. The number of hydrogen-bond donors (Lipinski definition) is 1. The summed E-state index contributed by atoms with van der Waals surface area (Å²) >= 11 is 0. The molecule has 1 fully saturated rings. The molecule has 5 heteroatoms. The van der Waals surface area contributed by atoms with E-state index in [-0.39, 0.29) is 11.3 Å². The summed E-state index contributed by atoms with van der Waals surface area (Å²) < 4.78 is 5.57. The van der Waals surface area contributed by atoms with Crippen LogP contribution in [0, 0.1) is 0 Å². The number of nitrogens with zero attached hydrogens (tertiary/aromatic N) is 1. The lowest BCUT2D eigenvalue weighted by molar-refractivity contribution is -0.140. The van der Waals surface area contributed by atoms with Gasteiger partial charge in [0.15, 0.2) is 0 Å². The monoisotopic (exact) mass is 393 g/mol. The Hall–Kier alpha value is -2.82. The number of aliphatic hydroxyl groups excluding tert-OH is 1. The van der Waals surface area contributed by atoms with E-state index >= 15 is 0 Å². The van der Waals surface area contributed by atoms with E-state index in [2.05, 4.69) is 6.92 Å². The number of aryl methyl sites for hydroxylation is 2. The number of unbranched alkanes of at least 4 members (excludes halogenated alkanes) is 2. The van der Waals surface area contributed by atoms with Crippen LogP contribution >= 0.6 is 0 Å². The first kappa shape index (κ1) is 19.5. The van der Waals surface area contributed by atoms with Gasteiger partial charge in [0.05, 0.1) is 11.8 Å². The van der Waals surface area contributed by atoms with Crippen molar-refractivity contribution in [2.45, 2.75) is 57.9 Å². The predicted molar refractivity (Wildman–Crippen MR) is 110 cm³/mol. The summed E-state index contributed by atoms with van der Waals surface area (Å²) in [5.41, 5.74) is 3.23.